The number of rotatable bonds is 2. The van der Waals surface area contributed by atoms with E-state index in [2.05, 4.69) is 16.3 Å². The topological polar surface area (TPSA) is 55.2 Å². The minimum atomic E-state index is 0.591. The van der Waals surface area contributed by atoms with Crippen LogP contribution in [0.1, 0.15) is 25.0 Å². The third kappa shape index (κ3) is 2.51. The predicted molar refractivity (Wildman–Crippen MR) is 99.2 cm³/mol. The average Bonchev–Trinajstić information content (AvgIpc) is 3.23. The van der Waals surface area contributed by atoms with E-state index in [9.17, 15) is 5.26 Å². The van der Waals surface area contributed by atoms with Crippen LogP contribution in [-0.4, -0.2) is 25.1 Å². The van der Waals surface area contributed by atoms with Crippen molar-refractivity contribution in [3.05, 3.63) is 41.2 Å². The standard InChI is InChI=1S/C18H19N5S/c1-22-16-8-4-3-7-14(16)20-17(22)13(11-19)15-12-24-18(21-15)23-9-5-2-6-10-23/h3-4,7-8,12,20H,2,5-6,9-10H2,1H3/b17-13+. The zero-order valence-corrected chi connectivity index (χ0v) is 14.4. The molecule has 1 aromatic heterocycles. The molecular weight excluding hydrogens is 318 g/mol. The molecule has 4 rings (SSSR count). The summed E-state index contributed by atoms with van der Waals surface area (Å²) >= 11 is 1.63. The van der Waals surface area contributed by atoms with E-state index in [-0.39, 0.29) is 0 Å². The third-order valence-electron chi connectivity index (χ3n) is 4.58. The smallest absolute Gasteiger partial charge is 0.185 e. The van der Waals surface area contributed by atoms with Crippen LogP contribution in [0.4, 0.5) is 16.5 Å². The molecule has 0 unspecified atom stereocenters. The Bertz CT molecular complexity index is 826. The number of aromatic nitrogens is 1. The van der Waals surface area contributed by atoms with Crippen LogP contribution in [0.5, 0.6) is 0 Å². The molecule has 0 radical (unpaired) electrons. The van der Waals surface area contributed by atoms with E-state index in [0.29, 0.717) is 5.57 Å². The number of nitriles is 1. The lowest BCUT2D eigenvalue weighted by molar-refractivity contribution is 0.577. The second-order valence-corrected chi connectivity index (χ2v) is 6.94. The highest BCUT2D eigenvalue weighted by Gasteiger charge is 2.25. The molecule has 1 saturated heterocycles. The van der Waals surface area contributed by atoms with Crippen LogP contribution in [0.25, 0.3) is 5.57 Å². The van der Waals surface area contributed by atoms with Gasteiger partial charge in [0.2, 0.25) is 0 Å². The lowest BCUT2D eigenvalue weighted by Crippen LogP contribution is -2.29. The van der Waals surface area contributed by atoms with Crippen molar-refractivity contribution in [2.75, 3.05) is 35.3 Å². The van der Waals surface area contributed by atoms with Gasteiger partial charge in [-0.25, -0.2) is 4.98 Å². The van der Waals surface area contributed by atoms with E-state index in [1.165, 1.54) is 19.3 Å². The molecule has 0 aliphatic carbocycles. The third-order valence-corrected chi connectivity index (χ3v) is 5.48. The van der Waals surface area contributed by atoms with Crippen LogP contribution >= 0.6 is 11.3 Å². The molecule has 3 heterocycles. The van der Waals surface area contributed by atoms with E-state index in [0.717, 1.165) is 41.1 Å². The lowest BCUT2D eigenvalue weighted by Gasteiger charge is -2.25. The summed E-state index contributed by atoms with van der Waals surface area (Å²) in [4.78, 5) is 9.10. The van der Waals surface area contributed by atoms with Crippen LogP contribution < -0.4 is 15.1 Å². The predicted octanol–water partition coefficient (Wildman–Crippen LogP) is 3.89. The van der Waals surface area contributed by atoms with E-state index >= 15 is 0 Å². The maximum atomic E-state index is 9.73. The summed E-state index contributed by atoms with van der Waals surface area (Å²) in [5.41, 5.74) is 3.44. The summed E-state index contributed by atoms with van der Waals surface area (Å²) in [7, 11) is 1.98. The van der Waals surface area contributed by atoms with E-state index < -0.39 is 0 Å². The Morgan fingerprint density at radius 2 is 2.04 bits per heavy atom. The van der Waals surface area contributed by atoms with Crippen molar-refractivity contribution in [3.8, 4) is 6.07 Å². The second kappa shape index (κ2) is 6.17. The van der Waals surface area contributed by atoms with Gasteiger partial charge in [0.05, 0.1) is 17.1 Å². The molecule has 0 saturated carbocycles. The minimum Gasteiger partial charge on any atom is -0.348 e. The van der Waals surface area contributed by atoms with Gasteiger partial charge in [-0.2, -0.15) is 5.26 Å². The fourth-order valence-electron chi connectivity index (χ4n) is 3.27. The summed E-state index contributed by atoms with van der Waals surface area (Å²) in [6.07, 6.45) is 3.75. The molecule has 0 atom stereocenters. The van der Waals surface area contributed by atoms with Crippen molar-refractivity contribution in [1.82, 2.24) is 4.98 Å². The van der Waals surface area contributed by atoms with Crippen LogP contribution in [0.2, 0.25) is 0 Å². The summed E-state index contributed by atoms with van der Waals surface area (Å²) in [6, 6.07) is 10.4. The summed E-state index contributed by atoms with van der Waals surface area (Å²) in [5, 5.41) is 16.1. The van der Waals surface area contributed by atoms with E-state index in [1.54, 1.807) is 11.3 Å². The van der Waals surface area contributed by atoms with Gasteiger partial charge >= 0.3 is 0 Å². The Balaban J connectivity index is 1.68. The molecule has 1 N–H and O–H groups in total. The molecule has 0 spiro atoms. The molecule has 0 amide bonds. The number of fused-ring (bicyclic) bond motifs is 1. The summed E-state index contributed by atoms with van der Waals surface area (Å²) < 4.78 is 0. The number of piperidine rings is 1. The molecule has 122 valence electrons. The van der Waals surface area contributed by atoms with Gasteiger partial charge in [0.1, 0.15) is 17.5 Å². The van der Waals surface area contributed by atoms with Crippen molar-refractivity contribution in [3.63, 3.8) is 0 Å². The number of allylic oxidation sites excluding steroid dienone is 1. The largest absolute Gasteiger partial charge is 0.348 e. The number of anilines is 3. The Morgan fingerprint density at radius 1 is 1.25 bits per heavy atom. The van der Waals surface area contributed by atoms with E-state index in [1.807, 2.05) is 41.6 Å². The van der Waals surface area contributed by atoms with E-state index in [4.69, 9.17) is 4.98 Å². The van der Waals surface area contributed by atoms with Gasteiger partial charge in [0.25, 0.3) is 0 Å². The number of thiazole rings is 1. The number of nitrogens with zero attached hydrogens (tertiary/aromatic N) is 4. The van der Waals surface area contributed by atoms with Crippen LogP contribution in [-0.2, 0) is 0 Å². The molecule has 24 heavy (non-hydrogen) atoms. The van der Waals surface area contributed by atoms with Gasteiger partial charge in [-0.3, -0.25) is 0 Å². The fourth-order valence-corrected chi connectivity index (χ4v) is 4.15. The van der Waals surface area contributed by atoms with Gasteiger partial charge in [-0.1, -0.05) is 12.1 Å². The first-order chi connectivity index (χ1) is 11.8. The summed E-state index contributed by atoms with van der Waals surface area (Å²) in [6.45, 7) is 2.13. The van der Waals surface area contributed by atoms with Gasteiger partial charge in [-0.15, -0.1) is 11.3 Å². The Morgan fingerprint density at radius 3 is 2.79 bits per heavy atom. The van der Waals surface area contributed by atoms with Gasteiger partial charge in [0.15, 0.2) is 5.13 Å². The molecule has 0 bridgehead atoms. The Kier molecular flexibility index (Phi) is 3.87. The van der Waals surface area contributed by atoms with Crippen molar-refractivity contribution < 1.29 is 0 Å². The van der Waals surface area contributed by atoms with Crippen LogP contribution in [0.15, 0.2) is 35.5 Å². The maximum absolute atomic E-state index is 9.73. The minimum absolute atomic E-state index is 0.591. The summed E-state index contributed by atoms with van der Waals surface area (Å²) in [5.74, 6) is 0.800. The quantitative estimate of drug-likeness (QED) is 0.843. The maximum Gasteiger partial charge on any atom is 0.185 e. The zero-order chi connectivity index (χ0) is 16.5. The highest BCUT2D eigenvalue weighted by Crippen LogP contribution is 2.38. The van der Waals surface area contributed by atoms with Crippen molar-refractivity contribution in [2.24, 2.45) is 0 Å². The number of para-hydroxylation sites is 2. The molecule has 2 aliphatic rings. The first-order valence-corrected chi connectivity index (χ1v) is 9.11. The number of nitrogens with one attached hydrogen (secondary N) is 1. The normalized spacial score (nSPS) is 18.8. The number of hydrogen-bond acceptors (Lipinski definition) is 6. The van der Waals surface area contributed by atoms with Crippen LogP contribution in [0.3, 0.4) is 0 Å². The average molecular weight is 337 g/mol. The Hall–Kier alpha value is -2.52. The van der Waals surface area contributed by atoms with Crippen molar-refractivity contribution in [1.29, 1.82) is 5.26 Å². The molecule has 5 nitrogen and oxygen atoms in total. The van der Waals surface area contributed by atoms with Crippen LogP contribution in [0, 0.1) is 11.3 Å². The SMILES string of the molecule is CN1/C(=C(\C#N)c2csc(N3CCCCC3)n2)Nc2ccccc21. The highest BCUT2D eigenvalue weighted by molar-refractivity contribution is 7.13. The first kappa shape index (κ1) is 15.0. The first-order valence-electron chi connectivity index (χ1n) is 8.23. The molecule has 1 aromatic carbocycles. The number of hydrogen-bond donors (Lipinski definition) is 1. The molecule has 6 heteroatoms. The molecule has 2 aromatic rings. The molecule has 1 fully saturated rings. The Labute approximate surface area is 145 Å². The highest BCUT2D eigenvalue weighted by atomic mass is 32.1. The van der Waals surface area contributed by atoms with Gasteiger partial charge in [-0.05, 0) is 31.4 Å². The number of benzene rings is 1. The molecular formula is C18H19N5S. The van der Waals surface area contributed by atoms with Crippen molar-refractivity contribution in [2.45, 2.75) is 19.3 Å². The fraction of sp³-hybridized carbons (Fsp3) is 0.333. The van der Waals surface area contributed by atoms with Crippen molar-refractivity contribution >= 4 is 33.4 Å². The lowest BCUT2D eigenvalue weighted by atomic mass is 10.1. The van der Waals surface area contributed by atoms with Gasteiger partial charge in [0, 0.05) is 25.5 Å². The monoisotopic (exact) mass is 337 g/mol. The molecule has 2 aliphatic heterocycles. The second-order valence-electron chi connectivity index (χ2n) is 6.10. The van der Waals surface area contributed by atoms with Gasteiger partial charge < -0.3 is 15.1 Å². The zero-order valence-electron chi connectivity index (χ0n) is 13.6.